The van der Waals surface area contributed by atoms with E-state index in [0.29, 0.717) is 6.54 Å². The minimum Gasteiger partial charge on any atom is -0.481 e. The zero-order chi connectivity index (χ0) is 15.6. The van der Waals surface area contributed by atoms with Crippen LogP contribution < -0.4 is 4.90 Å². The number of sulfonamides is 1. The van der Waals surface area contributed by atoms with Gasteiger partial charge in [0, 0.05) is 24.8 Å². The van der Waals surface area contributed by atoms with Crippen molar-refractivity contribution in [1.82, 2.24) is 4.31 Å². The number of nitrogens with zero attached hydrogens (tertiary/aromatic N) is 2. The van der Waals surface area contributed by atoms with E-state index in [1.807, 2.05) is 42.2 Å². The summed E-state index contributed by atoms with van der Waals surface area (Å²) in [5.41, 5.74) is 0.920. The molecule has 1 aliphatic rings. The standard InChI is InChI=1S/C14H20N2O4S/c1-11-9-15(12-6-4-3-5-7-12)13(8-14(17)18)10-16(11)21(2,19)20/h3-7,11,13H,8-10H2,1-2H3,(H,17,18). The molecule has 0 amide bonds. The van der Waals surface area contributed by atoms with Crippen LogP contribution >= 0.6 is 0 Å². The lowest BCUT2D eigenvalue weighted by Crippen LogP contribution is -2.59. The van der Waals surface area contributed by atoms with E-state index >= 15 is 0 Å². The first-order valence-corrected chi connectivity index (χ1v) is 8.64. The second kappa shape index (κ2) is 6.03. The minimum atomic E-state index is -3.34. The van der Waals surface area contributed by atoms with Crippen molar-refractivity contribution in [2.45, 2.75) is 25.4 Å². The highest BCUT2D eigenvalue weighted by Crippen LogP contribution is 2.26. The first kappa shape index (κ1) is 15.8. The van der Waals surface area contributed by atoms with E-state index in [1.165, 1.54) is 10.6 Å². The molecule has 1 saturated heterocycles. The minimum absolute atomic E-state index is 0.0896. The summed E-state index contributed by atoms with van der Waals surface area (Å²) in [5.74, 6) is -0.927. The Kier molecular flexibility index (Phi) is 4.53. The number of benzene rings is 1. The lowest BCUT2D eigenvalue weighted by atomic mass is 10.1. The van der Waals surface area contributed by atoms with E-state index in [4.69, 9.17) is 5.11 Å². The largest absolute Gasteiger partial charge is 0.481 e. The molecular formula is C14H20N2O4S. The van der Waals surface area contributed by atoms with Crippen molar-refractivity contribution in [2.75, 3.05) is 24.2 Å². The molecular weight excluding hydrogens is 292 g/mol. The molecule has 1 heterocycles. The maximum Gasteiger partial charge on any atom is 0.305 e. The van der Waals surface area contributed by atoms with Crippen LogP contribution in [0, 0.1) is 0 Å². The summed E-state index contributed by atoms with van der Waals surface area (Å²) in [7, 11) is -3.34. The molecule has 0 bridgehead atoms. The van der Waals surface area contributed by atoms with Crippen molar-refractivity contribution in [1.29, 1.82) is 0 Å². The zero-order valence-corrected chi connectivity index (χ0v) is 13.0. The van der Waals surface area contributed by atoms with Crippen LogP contribution in [0.1, 0.15) is 13.3 Å². The van der Waals surface area contributed by atoms with Crippen molar-refractivity contribution in [3.8, 4) is 0 Å². The summed E-state index contributed by atoms with van der Waals surface area (Å²) in [4.78, 5) is 13.1. The monoisotopic (exact) mass is 312 g/mol. The van der Waals surface area contributed by atoms with Crippen LogP contribution in [0.5, 0.6) is 0 Å². The van der Waals surface area contributed by atoms with Crippen LogP contribution in [0.3, 0.4) is 0 Å². The Labute approximate surface area is 125 Å². The number of hydrogen-bond donors (Lipinski definition) is 1. The number of anilines is 1. The smallest absolute Gasteiger partial charge is 0.305 e. The molecule has 1 fully saturated rings. The van der Waals surface area contributed by atoms with E-state index in [2.05, 4.69) is 0 Å². The fourth-order valence-electron chi connectivity index (χ4n) is 2.79. The van der Waals surface area contributed by atoms with Crippen molar-refractivity contribution in [2.24, 2.45) is 0 Å². The van der Waals surface area contributed by atoms with Gasteiger partial charge in [-0.2, -0.15) is 4.31 Å². The topological polar surface area (TPSA) is 77.9 Å². The van der Waals surface area contributed by atoms with Crippen molar-refractivity contribution >= 4 is 21.7 Å². The summed E-state index contributed by atoms with van der Waals surface area (Å²) in [6.07, 6.45) is 1.08. The van der Waals surface area contributed by atoms with Crippen LogP contribution in [0.15, 0.2) is 30.3 Å². The van der Waals surface area contributed by atoms with Crippen molar-refractivity contribution in [3.05, 3.63) is 30.3 Å². The average molecular weight is 312 g/mol. The molecule has 0 saturated carbocycles. The molecule has 116 valence electrons. The third-order valence-corrected chi connectivity index (χ3v) is 5.07. The highest BCUT2D eigenvalue weighted by Gasteiger charge is 2.37. The number of hydrogen-bond acceptors (Lipinski definition) is 4. The Morgan fingerprint density at radius 2 is 1.90 bits per heavy atom. The molecule has 1 N–H and O–H groups in total. The number of carbonyl (C=O) groups is 1. The lowest BCUT2D eigenvalue weighted by molar-refractivity contribution is -0.137. The molecule has 0 aromatic heterocycles. The molecule has 2 rings (SSSR count). The number of piperazine rings is 1. The Balaban J connectivity index is 2.30. The van der Waals surface area contributed by atoms with Gasteiger partial charge in [-0.1, -0.05) is 18.2 Å². The van der Waals surface area contributed by atoms with E-state index in [0.717, 1.165) is 5.69 Å². The maximum absolute atomic E-state index is 11.8. The third-order valence-electron chi connectivity index (χ3n) is 3.71. The average Bonchev–Trinajstić information content (AvgIpc) is 2.39. The normalized spacial score (nSPS) is 24.0. The number of aliphatic carboxylic acids is 1. The third kappa shape index (κ3) is 3.74. The predicted molar refractivity (Wildman–Crippen MR) is 80.8 cm³/mol. The number of para-hydroxylation sites is 1. The lowest BCUT2D eigenvalue weighted by Gasteiger charge is -2.45. The van der Waals surface area contributed by atoms with Crippen LogP contribution in [0.4, 0.5) is 5.69 Å². The van der Waals surface area contributed by atoms with Gasteiger partial charge in [0.15, 0.2) is 0 Å². The van der Waals surface area contributed by atoms with Crippen molar-refractivity contribution < 1.29 is 18.3 Å². The van der Waals surface area contributed by atoms with Gasteiger partial charge in [-0.25, -0.2) is 8.42 Å². The van der Waals surface area contributed by atoms with Gasteiger partial charge >= 0.3 is 5.97 Å². The Hall–Kier alpha value is -1.60. The SMILES string of the molecule is CC1CN(c2ccccc2)C(CC(=O)O)CN1S(C)(=O)=O. The van der Waals surface area contributed by atoms with Gasteiger partial charge in [-0.15, -0.1) is 0 Å². The highest BCUT2D eigenvalue weighted by atomic mass is 32.2. The van der Waals surface area contributed by atoms with E-state index < -0.39 is 16.0 Å². The summed E-state index contributed by atoms with van der Waals surface area (Å²) in [5, 5.41) is 9.09. The Morgan fingerprint density at radius 3 is 2.43 bits per heavy atom. The van der Waals surface area contributed by atoms with Gasteiger partial charge in [0.05, 0.1) is 18.7 Å². The fraction of sp³-hybridized carbons (Fsp3) is 0.500. The molecule has 0 radical (unpaired) electrons. The molecule has 1 aromatic carbocycles. The van der Waals surface area contributed by atoms with Gasteiger partial charge in [0.2, 0.25) is 10.0 Å². The first-order valence-electron chi connectivity index (χ1n) is 6.79. The highest BCUT2D eigenvalue weighted by molar-refractivity contribution is 7.88. The molecule has 6 nitrogen and oxygen atoms in total. The first-order chi connectivity index (χ1) is 9.79. The maximum atomic E-state index is 11.8. The van der Waals surface area contributed by atoms with Gasteiger partial charge < -0.3 is 10.0 Å². The summed E-state index contributed by atoms with van der Waals surface area (Å²) in [6, 6.07) is 8.95. The van der Waals surface area contributed by atoms with E-state index in [9.17, 15) is 13.2 Å². The fourth-order valence-corrected chi connectivity index (χ4v) is 3.95. The van der Waals surface area contributed by atoms with E-state index in [1.54, 1.807) is 0 Å². The second-order valence-electron chi connectivity index (χ2n) is 5.42. The summed E-state index contributed by atoms with van der Waals surface area (Å²) >= 11 is 0. The summed E-state index contributed by atoms with van der Waals surface area (Å²) in [6.45, 7) is 2.52. The van der Waals surface area contributed by atoms with Gasteiger partial charge in [0.1, 0.15) is 0 Å². The quantitative estimate of drug-likeness (QED) is 0.897. The molecule has 21 heavy (non-hydrogen) atoms. The van der Waals surface area contributed by atoms with Crippen LogP contribution in [-0.4, -0.2) is 55.2 Å². The van der Waals surface area contributed by atoms with Gasteiger partial charge in [-0.05, 0) is 19.1 Å². The van der Waals surface area contributed by atoms with E-state index in [-0.39, 0.29) is 25.0 Å². The molecule has 2 unspecified atom stereocenters. The molecule has 7 heteroatoms. The Morgan fingerprint density at radius 1 is 1.29 bits per heavy atom. The molecule has 1 aromatic rings. The van der Waals surface area contributed by atoms with Crippen LogP contribution in [0.25, 0.3) is 0 Å². The number of carboxylic acid groups (broad SMARTS) is 1. The van der Waals surface area contributed by atoms with Gasteiger partial charge in [0.25, 0.3) is 0 Å². The molecule has 2 atom stereocenters. The zero-order valence-electron chi connectivity index (χ0n) is 12.1. The van der Waals surface area contributed by atoms with Crippen LogP contribution in [-0.2, 0) is 14.8 Å². The number of rotatable bonds is 4. The van der Waals surface area contributed by atoms with Crippen LogP contribution in [0.2, 0.25) is 0 Å². The molecule has 0 spiro atoms. The Bertz CT molecular complexity index is 603. The molecule has 1 aliphatic heterocycles. The second-order valence-corrected chi connectivity index (χ2v) is 7.36. The predicted octanol–water partition coefficient (Wildman–Crippen LogP) is 1.00. The number of carboxylic acids is 1. The summed E-state index contributed by atoms with van der Waals surface area (Å²) < 4.78 is 25.1. The van der Waals surface area contributed by atoms with Crippen molar-refractivity contribution in [3.63, 3.8) is 0 Å². The van der Waals surface area contributed by atoms with Gasteiger partial charge in [-0.3, -0.25) is 4.79 Å². The molecule has 0 aliphatic carbocycles.